The van der Waals surface area contributed by atoms with Gasteiger partial charge in [0.25, 0.3) is 0 Å². The van der Waals surface area contributed by atoms with E-state index in [0.717, 1.165) is 13.1 Å². The molecule has 1 aliphatic heterocycles. The molecule has 1 fully saturated rings. The van der Waals surface area contributed by atoms with E-state index in [1.54, 1.807) is 0 Å². The number of rotatable bonds is 5. The molecule has 8 heteroatoms. The fraction of sp³-hybridized carbons (Fsp3) is 0.727. The van der Waals surface area contributed by atoms with Crippen molar-refractivity contribution >= 4 is 15.8 Å². The molecule has 2 rings (SSSR count). The topological polar surface area (TPSA) is 104 Å². The Morgan fingerprint density at radius 1 is 1.47 bits per heavy atom. The van der Waals surface area contributed by atoms with Gasteiger partial charge in [0, 0.05) is 12.6 Å². The number of nitrogens with one attached hydrogen (secondary N) is 2. The molecule has 0 spiro atoms. The van der Waals surface area contributed by atoms with E-state index in [1.165, 1.54) is 25.5 Å². The van der Waals surface area contributed by atoms with Crippen LogP contribution in [0, 0.1) is 0 Å². The van der Waals surface area contributed by atoms with E-state index in [-0.39, 0.29) is 16.8 Å². The first-order valence-corrected chi connectivity index (χ1v) is 8.01. The Labute approximate surface area is 113 Å². The zero-order chi connectivity index (χ0) is 13.9. The minimum absolute atomic E-state index is 0.0124. The molecule has 0 amide bonds. The van der Waals surface area contributed by atoms with Crippen LogP contribution < -0.4 is 10.5 Å². The molecule has 1 atom stereocenters. The number of nitrogens with two attached hydrogens (primary N) is 1. The Kier molecular flexibility index (Phi) is 4.43. The van der Waals surface area contributed by atoms with Crippen LogP contribution >= 0.6 is 0 Å². The highest BCUT2D eigenvalue weighted by atomic mass is 32.2. The summed E-state index contributed by atoms with van der Waals surface area (Å²) in [5, 5.41) is 6.05. The lowest BCUT2D eigenvalue weighted by Gasteiger charge is -2.32. The molecule has 1 aromatic rings. The lowest BCUT2D eigenvalue weighted by molar-refractivity contribution is 0.175. The van der Waals surface area contributed by atoms with Gasteiger partial charge >= 0.3 is 0 Å². The van der Waals surface area contributed by atoms with Gasteiger partial charge in [-0.3, -0.25) is 10.00 Å². The maximum atomic E-state index is 12.0. The van der Waals surface area contributed by atoms with Crippen molar-refractivity contribution in [1.29, 1.82) is 0 Å². The highest BCUT2D eigenvalue weighted by Gasteiger charge is 2.22. The third-order valence-electron chi connectivity index (χ3n) is 3.50. The number of piperidine rings is 1. The molecule has 0 saturated carbocycles. The molecule has 1 unspecified atom stereocenters. The molecule has 7 nitrogen and oxygen atoms in total. The maximum Gasteiger partial charge on any atom is 0.245 e. The highest BCUT2D eigenvalue weighted by Crippen LogP contribution is 2.15. The molecule has 4 N–H and O–H groups in total. The van der Waals surface area contributed by atoms with Crippen molar-refractivity contribution in [2.45, 2.75) is 37.1 Å². The SMILES string of the molecule is CC(CNS(=O)(=O)c1cn[nH]c1N)N1CCCCC1. The summed E-state index contributed by atoms with van der Waals surface area (Å²) in [6.45, 7) is 4.49. The Bertz CT molecular complexity index is 507. The predicted molar refractivity (Wildman–Crippen MR) is 73.1 cm³/mol. The average molecular weight is 287 g/mol. The van der Waals surface area contributed by atoms with Crippen LogP contribution in [0.1, 0.15) is 26.2 Å². The normalized spacial score (nSPS) is 19.4. The van der Waals surface area contributed by atoms with Gasteiger partial charge in [-0.05, 0) is 32.9 Å². The second kappa shape index (κ2) is 5.89. The molecule has 108 valence electrons. The first-order valence-electron chi connectivity index (χ1n) is 6.53. The number of nitrogen functional groups attached to an aromatic ring is 1. The van der Waals surface area contributed by atoms with Crippen LogP contribution in [0.15, 0.2) is 11.1 Å². The smallest absolute Gasteiger partial charge is 0.245 e. The van der Waals surface area contributed by atoms with Crippen LogP contribution in [0.5, 0.6) is 0 Å². The van der Waals surface area contributed by atoms with Crippen molar-refractivity contribution in [2.75, 3.05) is 25.4 Å². The number of anilines is 1. The summed E-state index contributed by atoms with van der Waals surface area (Å²) in [5.41, 5.74) is 5.53. The Morgan fingerprint density at radius 2 is 2.16 bits per heavy atom. The van der Waals surface area contributed by atoms with E-state index in [9.17, 15) is 8.42 Å². The van der Waals surface area contributed by atoms with Crippen LogP contribution in [-0.2, 0) is 10.0 Å². The number of nitrogens with zero attached hydrogens (tertiary/aromatic N) is 2. The van der Waals surface area contributed by atoms with Crippen molar-refractivity contribution in [3.8, 4) is 0 Å². The molecule has 19 heavy (non-hydrogen) atoms. The molecule has 0 bridgehead atoms. The number of aromatic nitrogens is 2. The summed E-state index contributed by atoms with van der Waals surface area (Å²) in [4.78, 5) is 2.32. The van der Waals surface area contributed by atoms with E-state index in [4.69, 9.17) is 5.73 Å². The molecule has 1 aliphatic rings. The zero-order valence-electron chi connectivity index (χ0n) is 11.1. The molecule has 1 aromatic heterocycles. The molecule has 0 aromatic carbocycles. The second-order valence-corrected chi connectivity index (χ2v) is 6.68. The van der Waals surface area contributed by atoms with Gasteiger partial charge in [0.2, 0.25) is 10.0 Å². The number of hydrogen-bond donors (Lipinski definition) is 3. The number of likely N-dealkylation sites (tertiary alicyclic amines) is 1. The van der Waals surface area contributed by atoms with Crippen molar-refractivity contribution in [3.63, 3.8) is 0 Å². The number of H-pyrrole nitrogens is 1. The van der Waals surface area contributed by atoms with Gasteiger partial charge in [-0.25, -0.2) is 13.1 Å². The largest absolute Gasteiger partial charge is 0.383 e. The molecule has 2 heterocycles. The molecular weight excluding hydrogens is 266 g/mol. The first-order chi connectivity index (χ1) is 9.00. The predicted octanol–water partition coefficient (Wildman–Crippen LogP) is 0.145. The standard InChI is InChI=1S/C11H21N5O2S/c1-9(16-5-3-2-4-6-16)7-14-19(17,18)10-8-13-15-11(10)12/h8-9,14H,2-7H2,1H3,(H3,12,13,15). The van der Waals surface area contributed by atoms with Crippen molar-refractivity contribution in [1.82, 2.24) is 19.8 Å². The summed E-state index contributed by atoms with van der Waals surface area (Å²) >= 11 is 0. The fourth-order valence-corrected chi connectivity index (χ4v) is 3.44. The summed E-state index contributed by atoms with van der Waals surface area (Å²) < 4.78 is 26.7. The summed E-state index contributed by atoms with van der Waals surface area (Å²) in [5.74, 6) is 0.0677. The van der Waals surface area contributed by atoms with Crippen LogP contribution in [-0.4, -0.2) is 49.2 Å². The van der Waals surface area contributed by atoms with Gasteiger partial charge in [-0.2, -0.15) is 5.10 Å². The van der Waals surface area contributed by atoms with Gasteiger partial charge < -0.3 is 5.73 Å². The van der Waals surface area contributed by atoms with Gasteiger partial charge in [-0.1, -0.05) is 6.42 Å². The first kappa shape index (κ1) is 14.3. The van der Waals surface area contributed by atoms with E-state index in [2.05, 4.69) is 19.8 Å². The minimum Gasteiger partial charge on any atom is -0.383 e. The van der Waals surface area contributed by atoms with Crippen molar-refractivity contribution in [2.24, 2.45) is 0 Å². The Balaban J connectivity index is 1.92. The van der Waals surface area contributed by atoms with Crippen LogP contribution in [0.25, 0.3) is 0 Å². The van der Waals surface area contributed by atoms with Crippen LogP contribution in [0.3, 0.4) is 0 Å². The minimum atomic E-state index is -3.58. The van der Waals surface area contributed by atoms with Crippen molar-refractivity contribution in [3.05, 3.63) is 6.20 Å². The third-order valence-corrected chi connectivity index (χ3v) is 4.96. The number of aromatic amines is 1. The molecule has 0 radical (unpaired) electrons. The van der Waals surface area contributed by atoms with Crippen LogP contribution in [0.4, 0.5) is 5.82 Å². The molecule has 0 aliphatic carbocycles. The lowest BCUT2D eigenvalue weighted by atomic mass is 10.1. The van der Waals surface area contributed by atoms with E-state index in [0.29, 0.717) is 6.54 Å². The third kappa shape index (κ3) is 3.46. The van der Waals surface area contributed by atoms with Gasteiger partial charge in [0.1, 0.15) is 10.7 Å². The zero-order valence-corrected chi connectivity index (χ0v) is 11.9. The summed E-state index contributed by atoms with van der Waals surface area (Å²) in [6, 6.07) is 0.184. The quantitative estimate of drug-likeness (QED) is 0.715. The van der Waals surface area contributed by atoms with E-state index >= 15 is 0 Å². The van der Waals surface area contributed by atoms with E-state index < -0.39 is 10.0 Å². The van der Waals surface area contributed by atoms with E-state index in [1.807, 2.05) is 6.92 Å². The van der Waals surface area contributed by atoms with Crippen molar-refractivity contribution < 1.29 is 8.42 Å². The second-order valence-electron chi connectivity index (χ2n) is 4.95. The van der Waals surface area contributed by atoms with Gasteiger partial charge in [0.05, 0.1) is 6.20 Å². The maximum absolute atomic E-state index is 12.0. The number of hydrogen-bond acceptors (Lipinski definition) is 5. The molecular formula is C11H21N5O2S. The Morgan fingerprint density at radius 3 is 2.74 bits per heavy atom. The fourth-order valence-electron chi connectivity index (χ4n) is 2.30. The number of sulfonamides is 1. The summed E-state index contributed by atoms with van der Waals surface area (Å²) in [6.07, 6.45) is 4.86. The average Bonchev–Trinajstić information content (AvgIpc) is 2.84. The highest BCUT2D eigenvalue weighted by molar-refractivity contribution is 7.89. The van der Waals surface area contributed by atoms with Crippen LogP contribution in [0.2, 0.25) is 0 Å². The Hall–Kier alpha value is -1.12. The molecule has 1 saturated heterocycles. The summed E-state index contributed by atoms with van der Waals surface area (Å²) in [7, 11) is -3.58. The monoisotopic (exact) mass is 287 g/mol. The van der Waals surface area contributed by atoms with Gasteiger partial charge in [-0.15, -0.1) is 0 Å². The van der Waals surface area contributed by atoms with Gasteiger partial charge in [0.15, 0.2) is 0 Å². The lowest BCUT2D eigenvalue weighted by Crippen LogP contribution is -2.44.